The number of rotatable bonds is 3. The van der Waals surface area contributed by atoms with Crippen molar-refractivity contribution >= 4 is 18.2 Å². The molecule has 0 amide bonds. The van der Waals surface area contributed by atoms with Crippen molar-refractivity contribution in [3.8, 4) is 11.5 Å². The molecular formula is C18H26ClN5O. The number of hydrogen-bond acceptors (Lipinski definition) is 6. The second kappa shape index (κ2) is 7.70. The summed E-state index contributed by atoms with van der Waals surface area (Å²) in [7, 11) is 0. The van der Waals surface area contributed by atoms with Crippen LogP contribution in [-0.2, 0) is 5.54 Å². The summed E-state index contributed by atoms with van der Waals surface area (Å²) in [6.07, 6.45) is 11.1. The predicted molar refractivity (Wildman–Crippen MR) is 99.8 cm³/mol. The van der Waals surface area contributed by atoms with Crippen LogP contribution in [0.25, 0.3) is 11.5 Å². The summed E-state index contributed by atoms with van der Waals surface area (Å²) in [5, 5.41) is 4.12. The lowest BCUT2D eigenvalue weighted by atomic mass is 9.99. The molecular weight excluding hydrogens is 338 g/mol. The fourth-order valence-electron chi connectivity index (χ4n) is 3.77. The molecule has 1 aliphatic heterocycles. The molecule has 0 unspecified atom stereocenters. The Morgan fingerprint density at radius 1 is 1.00 bits per heavy atom. The highest BCUT2D eigenvalue weighted by molar-refractivity contribution is 5.85. The van der Waals surface area contributed by atoms with E-state index in [1.807, 2.05) is 12.3 Å². The van der Waals surface area contributed by atoms with Crippen LogP contribution >= 0.6 is 12.4 Å². The number of nitrogens with two attached hydrogens (primary N) is 1. The van der Waals surface area contributed by atoms with Crippen molar-refractivity contribution in [2.24, 2.45) is 5.73 Å². The summed E-state index contributed by atoms with van der Waals surface area (Å²) in [6.45, 7) is 2.18. The Morgan fingerprint density at radius 2 is 1.72 bits per heavy atom. The number of aromatic nitrogens is 3. The molecule has 2 aliphatic rings. The van der Waals surface area contributed by atoms with Crippen LogP contribution in [0.3, 0.4) is 0 Å². The van der Waals surface area contributed by atoms with Gasteiger partial charge in [0.25, 0.3) is 5.89 Å². The maximum Gasteiger partial charge on any atom is 0.259 e. The quantitative estimate of drug-likeness (QED) is 0.896. The Balaban J connectivity index is 0.00000182. The molecule has 0 bridgehead atoms. The molecule has 2 aromatic heterocycles. The van der Waals surface area contributed by atoms with Crippen molar-refractivity contribution < 1.29 is 4.52 Å². The molecule has 2 N–H and O–H groups in total. The number of nitrogens with zero attached hydrogens (tertiary/aromatic N) is 4. The molecule has 2 aromatic rings. The van der Waals surface area contributed by atoms with E-state index in [9.17, 15) is 0 Å². The molecule has 0 spiro atoms. The summed E-state index contributed by atoms with van der Waals surface area (Å²) in [5.74, 6) is 2.18. The van der Waals surface area contributed by atoms with Gasteiger partial charge in [0, 0.05) is 19.3 Å². The predicted octanol–water partition coefficient (Wildman–Crippen LogP) is 3.66. The number of anilines is 1. The van der Waals surface area contributed by atoms with Crippen LogP contribution in [0.1, 0.15) is 57.2 Å². The first kappa shape index (κ1) is 18.1. The van der Waals surface area contributed by atoms with Crippen molar-refractivity contribution in [3.05, 3.63) is 24.2 Å². The minimum atomic E-state index is -0.416. The third-order valence-corrected chi connectivity index (χ3v) is 5.29. The lowest BCUT2D eigenvalue weighted by molar-refractivity contribution is 0.372. The van der Waals surface area contributed by atoms with Crippen molar-refractivity contribution in [3.63, 3.8) is 0 Å². The van der Waals surface area contributed by atoms with Crippen LogP contribution in [0, 0.1) is 0 Å². The topological polar surface area (TPSA) is 81.1 Å². The molecule has 4 rings (SSSR count). The summed E-state index contributed by atoms with van der Waals surface area (Å²) in [5.41, 5.74) is 6.84. The molecule has 1 saturated heterocycles. The van der Waals surface area contributed by atoms with E-state index in [-0.39, 0.29) is 12.4 Å². The summed E-state index contributed by atoms with van der Waals surface area (Å²) >= 11 is 0. The van der Waals surface area contributed by atoms with Crippen LogP contribution in [0.5, 0.6) is 0 Å². The minimum absolute atomic E-state index is 0. The zero-order valence-corrected chi connectivity index (χ0v) is 15.3. The Bertz CT molecular complexity index is 673. The largest absolute Gasteiger partial charge is 0.357 e. The number of pyridine rings is 1. The van der Waals surface area contributed by atoms with Crippen LogP contribution < -0.4 is 10.6 Å². The first-order valence-electron chi connectivity index (χ1n) is 9.09. The lowest BCUT2D eigenvalue weighted by Gasteiger charge is -2.21. The van der Waals surface area contributed by atoms with E-state index in [0.717, 1.165) is 50.2 Å². The molecule has 25 heavy (non-hydrogen) atoms. The van der Waals surface area contributed by atoms with Gasteiger partial charge in [-0.25, -0.2) is 4.98 Å². The second-order valence-electron chi connectivity index (χ2n) is 7.09. The van der Waals surface area contributed by atoms with Crippen molar-refractivity contribution in [2.75, 3.05) is 18.0 Å². The molecule has 2 fully saturated rings. The van der Waals surface area contributed by atoms with Crippen LogP contribution in [0.15, 0.2) is 22.9 Å². The van der Waals surface area contributed by atoms with Crippen LogP contribution in [-0.4, -0.2) is 28.2 Å². The van der Waals surface area contributed by atoms with E-state index in [0.29, 0.717) is 11.7 Å². The molecule has 1 aliphatic carbocycles. The van der Waals surface area contributed by atoms with Gasteiger partial charge < -0.3 is 15.2 Å². The molecule has 0 atom stereocenters. The highest BCUT2D eigenvalue weighted by atomic mass is 35.5. The van der Waals surface area contributed by atoms with Gasteiger partial charge in [0.15, 0.2) is 5.82 Å². The molecule has 7 heteroatoms. The molecule has 136 valence electrons. The fraction of sp³-hybridized carbons (Fsp3) is 0.611. The minimum Gasteiger partial charge on any atom is -0.357 e. The maximum absolute atomic E-state index is 6.40. The number of halogens is 1. The van der Waals surface area contributed by atoms with Gasteiger partial charge in [-0.3, -0.25) is 0 Å². The van der Waals surface area contributed by atoms with E-state index in [1.54, 1.807) is 0 Å². The molecule has 1 saturated carbocycles. The zero-order chi connectivity index (χ0) is 16.4. The molecule has 6 nitrogen and oxygen atoms in total. The third kappa shape index (κ3) is 3.80. The van der Waals surface area contributed by atoms with Crippen LogP contribution in [0.2, 0.25) is 0 Å². The average molecular weight is 364 g/mol. The Hall–Kier alpha value is -1.66. The fourth-order valence-corrected chi connectivity index (χ4v) is 3.77. The second-order valence-corrected chi connectivity index (χ2v) is 7.09. The van der Waals surface area contributed by atoms with E-state index in [1.165, 1.54) is 25.7 Å². The Kier molecular flexibility index (Phi) is 5.59. The van der Waals surface area contributed by atoms with Gasteiger partial charge in [-0.05, 0) is 37.8 Å². The smallest absolute Gasteiger partial charge is 0.259 e. The highest BCUT2D eigenvalue weighted by Gasteiger charge is 2.36. The van der Waals surface area contributed by atoms with Gasteiger partial charge in [0.1, 0.15) is 5.82 Å². The van der Waals surface area contributed by atoms with E-state index in [4.69, 9.17) is 10.3 Å². The van der Waals surface area contributed by atoms with Gasteiger partial charge in [-0.2, -0.15) is 4.98 Å². The maximum atomic E-state index is 6.40. The zero-order valence-electron chi connectivity index (χ0n) is 14.5. The first-order valence-corrected chi connectivity index (χ1v) is 9.09. The summed E-state index contributed by atoms with van der Waals surface area (Å²) in [4.78, 5) is 11.5. The monoisotopic (exact) mass is 363 g/mol. The summed E-state index contributed by atoms with van der Waals surface area (Å²) in [6, 6.07) is 4.07. The first-order chi connectivity index (χ1) is 11.7. The van der Waals surface area contributed by atoms with Gasteiger partial charge in [-0.1, -0.05) is 30.8 Å². The van der Waals surface area contributed by atoms with Gasteiger partial charge in [0.05, 0.1) is 11.1 Å². The van der Waals surface area contributed by atoms with Gasteiger partial charge in [-0.15, -0.1) is 12.4 Å². The SMILES string of the molecule is Cl.NC1(c2noc(-c3ccc(N4CCCCCC4)nc3)n2)CCCC1. The van der Waals surface area contributed by atoms with Crippen molar-refractivity contribution in [1.82, 2.24) is 15.1 Å². The third-order valence-electron chi connectivity index (χ3n) is 5.29. The van der Waals surface area contributed by atoms with E-state index >= 15 is 0 Å². The highest BCUT2D eigenvalue weighted by Crippen LogP contribution is 2.35. The Morgan fingerprint density at radius 3 is 2.36 bits per heavy atom. The summed E-state index contributed by atoms with van der Waals surface area (Å²) < 4.78 is 5.44. The van der Waals surface area contributed by atoms with Gasteiger partial charge >= 0.3 is 0 Å². The molecule has 0 radical (unpaired) electrons. The normalized spacial score (nSPS) is 20.1. The lowest BCUT2D eigenvalue weighted by Crippen LogP contribution is -2.34. The van der Waals surface area contributed by atoms with Crippen molar-refractivity contribution in [1.29, 1.82) is 0 Å². The average Bonchev–Trinajstić information content (AvgIpc) is 3.19. The van der Waals surface area contributed by atoms with Crippen LogP contribution in [0.4, 0.5) is 5.82 Å². The number of hydrogen-bond donors (Lipinski definition) is 1. The standard InChI is InChI=1S/C18H25N5O.ClH/c19-18(9-3-4-10-18)17-21-16(24-22-17)14-7-8-15(20-13-14)23-11-5-1-2-6-12-23;/h7-8,13H,1-6,9-12,19H2;1H. The van der Waals surface area contributed by atoms with E-state index in [2.05, 4.69) is 26.1 Å². The van der Waals surface area contributed by atoms with Crippen molar-refractivity contribution in [2.45, 2.75) is 56.9 Å². The van der Waals surface area contributed by atoms with Gasteiger partial charge in [0.2, 0.25) is 0 Å². The molecule has 3 heterocycles. The molecule has 0 aromatic carbocycles. The Labute approximate surface area is 154 Å². The van der Waals surface area contributed by atoms with E-state index < -0.39 is 5.54 Å².